The predicted molar refractivity (Wildman–Crippen MR) is 110 cm³/mol. The number of fused-ring (bicyclic) bond motifs is 1. The molecule has 158 valence electrons. The van der Waals surface area contributed by atoms with Gasteiger partial charge in [0.25, 0.3) is 5.69 Å². The average Bonchev–Trinajstić information content (AvgIpc) is 3.17. The number of anilines is 1. The topological polar surface area (TPSA) is 136 Å². The number of benzene rings is 1. The number of piperidine rings is 1. The summed E-state index contributed by atoms with van der Waals surface area (Å²) in [4.78, 5) is 21.0. The van der Waals surface area contributed by atoms with Gasteiger partial charge in [0.2, 0.25) is 10.0 Å². The number of nitrogens with zero attached hydrogens (tertiary/aromatic N) is 6. The third kappa shape index (κ3) is 3.96. The van der Waals surface area contributed by atoms with E-state index in [9.17, 15) is 18.5 Å². The van der Waals surface area contributed by atoms with E-state index >= 15 is 0 Å². The monoisotopic (exact) mass is 431 g/mol. The minimum Gasteiger partial charge on any atom is -0.356 e. The predicted octanol–water partition coefficient (Wildman–Crippen LogP) is 1.70. The van der Waals surface area contributed by atoms with Gasteiger partial charge in [-0.3, -0.25) is 10.1 Å². The highest BCUT2D eigenvalue weighted by atomic mass is 32.2. The van der Waals surface area contributed by atoms with Crippen molar-refractivity contribution in [2.24, 2.45) is 0 Å². The fourth-order valence-corrected chi connectivity index (χ4v) is 4.79. The number of hydrogen-bond donors (Lipinski definition) is 1. The zero-order valence-electron chi connectivity index (χ0n) is 16.1. The fraction of sp³-hybridized carbons (Fsp3) is 0.389. The van der Waals surface area contributed by atoms with E-state index in [4.69, 9.17) is 0 Å². The molecule has 0 bridgehead atoms. The summed E-state index contributed by atoms with van der Waals surface area (Å²) in [5.74, 6) is 0.839. The van der Waals surface area contributed by atoms with Crippen LogP contribution in [-0.2, 0) is 16.6 Å². The molecule has 4 rings (SSSR count). The first-order valence-corrected chi connectivity index (χ1v) is 11.1. The molecule has 0 saturated carbocycles. The maximum atomic E-state index is 12.5. The number of hydrogen-bond acceptors (Lipinski definition) is 8. The molecule has 12 heteroatoms. The summed E-state index contributed by atoms with van der Waals surface area (Å²) in [5, 5.41) is 16.3. The molecule has 0 radical (unpaired) electrons. The lowest BCUT2D eigenvalue weighted by Gasteiger charge is -2.27. The Morgan fingerprint density at radius 3 is 2.67 bits per heavy atom. The molecule has 0 amide bonds. The summed E-state index contributed by atoms with van der Waals surface area (Å²) in [6, 6.07) is 5.24. The number of sulfonamides is 1. The van der Waals surface area contributed by atoms with Gasteiger partial charge in [0.1, 0.15) is 12.1 Å². The second kappa shape index (κ2) is 8.32. The number of rotatable bonds is 7. The number of nitro benzene ring substituents is 1. The number of para-hydroxylation sites is 1. The molecule has 11 nitrogen and oxygen atoms in total. The third-order valence-corrected chi connectivity index (χ3v) is 6.54. The third-order valence-electron chi connectivity index (χ3n) is 5.04. The number of nitrogens with one attached hydrogen (secondary N) is 1. The summed E-state index contributed by atoms with van der Waals surface area (Å²) in [6.07, 6.45) is 6.63. The van der Waals surface area contributed by atoms with Gasteiger partial charge < -0.3 is 4.90 Å². The molecule has 0 aliphatic carbocycles. The standard InChI is InChI=1S/C18H21N7O4S/c26-25(27)15-6-2-3-7-16(15)30(28,29)22-8-11-24-18-14(12-21-24)17(19-13-20-18)23-9-4-1-5-10-23/h2-3,6-7,12-13,22H,1,4-5,8-11H2. The number of aromatic nitrogens is 4. The second-order valence-electron chi connectivity index (χ2n) is 6.97. The molecule has 0 unspecified atom stereocenters. The smallest absolute Gasteiger partial charge is 0.289 e. The maximum Gasteiger partial charge on any atom is 0.289 e. The molecule has 3 heterocycles. The first-order chi connectivity index (χ1) is 14.5. The van der Waals surface area contributed by atoms with Crippen LogP contribution in [0.1, 0.15) is 19.3 Å². The molecule has 30 heavy (non-hydrogen) atoms. The Bertz CT molecular complexity index is 1170. The van der Waals surface area contributed by atoms with Crippen LogP contribution in [0.2, 0.25) is 0 Å². The van der Waals surface area contributed by atoms with Crippen molar-refractivity contribution in [1.82, 2.24) is 24.5 Å². The molecule has 0 spiro atoms. The molecule has 0 atom stereocenters. The van der Waals surface area contributed by atoms with Gasteiger partial charge in [-0.1, -0.05) is 12.1 Å². The lowest BCUT2D eigenvalue weighted by molar-refractivity contribution is -0.387. The van der Waals surface area contributed by atoms with E-state index in [1.165, 1.54) is 30.9 Å². The van der Waals surface area contributed by atoms with E-state index in [1.807, 2.05) is 0 Å². The van der Waals surface area contributed by atoms with Gasteiger partial charge >= 0.3 is 0 Å². The summed E-state index contributed by atoms with van der Waals surface area (Å²) >= 11 is 0. The average molecular weight is 431 g/mol. The van der Waals surface area contributed by atoms with Crippen LogP contribution in [0.5, 0.6) is 0 Å². The lowest BCUT2D eigenvalue weighted by atomic mass is 10.1. The van der Waals surface area contributed by atoms with Crippen LogP contribution in [0, 0.1) is 10.1 Å². The Balaban J connectivity index is 1.50. The Morgan fingerprint density at radius 2 is 1.90 bits per heavy atom. The van der Waals surface area contributed by atoms with Crippen molar-refractivity contribution in [3.63, 3.8) is 0 Å². The van der Waals surface area contributed by atoms with Crippen molar-refractivity contribution in [2.75, 3.05) is 24.5 Å². The minimum absolute atomic E-state index is 0.00815. The Morgan fingerprint density at radius 1 is 1.13 bits per heavy atom. The molecule has 1 aliphatic rings. The van der Waals surface area contributed by atoms with Gasteiger partial charge in [-0.25, -0.2) is 27.8 Å². The van der Waals surface area contributed by atoms with Gasteiger partial charge in [0, 0.05) is 25.7 Å². The van der Waals surface area contributed by atoms with Crippen molar-refractivity contribution in [3.05, 3.63) is 46.9 Å². The normalized spacial score (nSPS) is 14.9. The van der Waals surface area contributed by atoms with Crippen LogP contribution >= 0.6 is 0 Å². The van der Waals surface area contributed by atoms with E-state index in [1.54, 1.807) is 10.9 Å². The molecule has 1 saturated heterocycles. The van der Waals surface area contributed by atoms with E-state index in [0.29, 0.717) is 5.65 Å². The van der Waals surface area contributed by atoms with Crippen LogP contribution in [0.3, 0.4) is 0 Å². The molecule has 1 aliphatic heterocycles. The summed E-state index contributed by atoms with van der Waals surface area (Å²) in [5.41, 5.74) is 0.156. The quantitative estimate of drug-likeness (QED) is 0.441. The van der Waals surface area contributed by atoms with Gasteiger partial charge in [0.05, 0.1) is 23.1 Å². The molecule has 2 aromatic heterocycles. The van der Waals surface area contributed by atoms with Gasteiger partial charge in [-0.05, 0) is 25.3 Å². The highest BCUT2D eigenvalue weighted by Gasteiger charge is 2.25. The van der Waals surface area contributed by atoms with Gasteiger partial charge in [-0.15, -0.1) is 0 Å². The molecule has 3 aromatic rings. The molecule has 1 aromatic carbocycles. The van der Waals surface area contributed by atoms with Crippen LogP contribution in [0.15, 0.2) is 41.7 Å². The fourth-order valence-electron chi connectivity index (χ4n) is 3.60. The zero-order chi connectivity index (χ0) is 21.1. The highest BCUT2D eigenvalue weighted by molar-refractivity contribution is 7.89. The highest BCUT2D eigenvalue weighted by Crippen LogP contribution is 2.25. The number of nitro groups is 1. The molecule has 1 fully saturated rings. The Kier molecular flexibility index (Phi) is 5.59. The Labute approximate surface area is 172 Å². The first kappa shape index (κ1) is 20.2. The summed E-state index contributed by atoms with van der Waals surface area (Å²) in [6.45, 7) is 2.11. The van der Waals surface area contributed by atoms with Crippen LogP contribution in [0.4, 0.5) is 11.5 Å². The SMILES string of the molecule is O=[N+]([O-])c1ccccc1S(=O)(=O)NCCn1ncc2c(N3CCCCC3)ncnc21. The second-order valence-corrected chi connectivity index (χ2v) is 8.71. The zero-order valence-corrected chi connectivity index (χ0v) is 17.0. The van der Waals surface area contributed by atoms with E-state index in [-0.39, 0.29) is 18.0 Å². The summed E-state index contributed by atoms with van der Waals surface area (Å²) in [7, 11) is -4.04. The van der Waals surface area contributed by atoms with E-state index < -0.39 is 20.6 Å². The molecule has 1 N–H and O–H groups in total. The van der Waals surface area contributed by atoms with Gasteiger partial charge in [0.15, 0.2) is 10.5 Å². The van der Waals surface area contributed by atoms with Crippen molar-refractivity contribution >= 4 is 32.6 Å². The van der Waals surface area contributed by atoms with Crippen molar-refractivity contribution < 1.29 is 13.3 Å². The van der Waals surface area contributed by atoms with E-state index in [2.05, 4.69) is 24.7 Å². The van der Waals surface area contributed by atoms with Crippen LogP contribution < -0.4 is 9.62 Å². The largest absolute Gasteiger partial charge is 0.356 e. The van der Waals surface area contributed by atoms with Crippen molar-refractivity contribution in [1.29, 1.82) is 0 Å². The van der Waals surface area contributed by atoms with Crippen molar-refractivity contribution in [2.45, 2.75) is 30.7 Å². The van der Waals surface area contributed by atoms with Gasteiger partial charge in [-0.2, -0.15) is 5.10 Å². The van der Waals surface area contributed by atoms with Crippen LogP contribution in [-0.4, -0.2) is 52.7 Å². The van der Waals surface area contributed by atoms with Crippen molar-refractivity contribution in [3.8, 4) is 0 Å². The molecular formula is C18H21N7O4S. The molecular weight excluding hydrogens is 410 g/mol. The lowest BCUT2D eigenvalue weighted by Crippen LogP contribution is -2.30. The first-order valence-electron chi connectivity index (χ1n) is 9.62. The summed E-state index contributed by atoms with van der Waals surface area (Å²) < 4.78 is 29.1. The van der Waals surface area contributed by atoms with E-state index in [0.717, 1.165) is 43.2 Å². The Hall–Kier alpha value is -3.12. The minimum atomic E-state index is -4.04. The van der Waals surface area contributed by atoms with Crippen LogP contribution in [0.25, 0.3) is 11.0 Å². The maximum absolute atomic E-state index is 12.5.